The zero-order valence-corrected chi connectivity index (χ0v) is 15.0. The van der Waals surface area contributed by atoms with Crippen molar-refractivity contribution in [2.24, 2.45) is 0 Å². The second kappa shape index (κ2) is 8.52. The van der Waals surface area contributed by atoms with Crippen molar-refractivity contribution >= 4 is 11.8 Å². The fraction of sp³-hybridized carbons (Fsp3) is 0.333. The number of ether oxygens (including phenoxy) is 1. The standard InChI is InChI=1S/C21H24N2O3/c1-26-19-9-7-16(8-10-19)15-20(24)23-13-11-18(12-14-23)22-21(25)17-5-3-2-4-6-17/h2-10,18H,11-15H2,1H3,(H,22,25). The van der Waals surface area contributed by atoms with Gasteiger partial charge in [0.25, 0.3) is 5.91 Å². The molecule has 0 saturated carbocycles. The predicted molar refractivity (Wildman–Crippen MR) is 100 cm³/mol. The van der Waals surface area contributed by atoms with E-state index < -0.39 is 0 Å². The van der Waals surface area contributed by atoms with Crippen molar-refractivity contribution in [2.75, 3.05) is 20.2 Å². The Morgan fingerprint density at radius 3 is 2.31 bits per heavy atom. The Kier molecular flexibility index (Phi) is 5.89. The molecule has 0 bridgehead atoms. The lowest BCUT2D eigenvalue weighted by molar-refractivity contribution is -0.131. The Morgan fingerprint density at radius 2 is 1.69 bits per heavy atom. The molecule has 1 aliphatic rings. The number of hydrogen-bond donors (Lipinski definition) is 1. The molecule has 1 aliphatic heterocycles. The predicted octanol–water partition coefficient (Wildman–Crippen LogP) is 2.66. The summed E-state index contributed by atoms with van der Waals surface area (Å²) < 4.78 is 5.14. The summed E-state index contributed by atoms with van der Waals surface area (Å²) >= 11 is 0. The number of hydrogen-bond acceptors (Lipinski definition) is 3. The van der Waals surface area contributed by atoms with Crippen molar-refractivity contribution < 1.29 is 14.3 Å². The van der Waals surface area contributed by atoms with Crippen molar-refractivity contribution in [3.63, 3.8) is 0 Å². The number of benzene rings is 2. The first-order valence-electron chi connectivity index (χ1n) is 8.92. The molecule has 0 aromatic heterocycles. The highest BCUT2D eigenvalue weighted by Gasteiger charge is 2.24. The zero-order valence-electron chi connectivity index (χ0n) is 15.0. The number of nitrogens with zero attached hydrogens (tertiary/aromatic N) is 1. The molecule has 1 heterocycles. The second-order valence-corrected chi connectivity index (χ2v) is 6.52. The minimum atomic E-state index is -0.0476. The van der Waals surface area contributed by atoms with Gasteiger partial charge in [-0.1, -0.05) is 30.3 Å². The van der Waals surface area contributed by atoms with E-state index in [9.17, 15) is 9.59 Å². The second-order valence-electron chi connectivity index (χ2n) is 6.52. The van der Waals surface area contributed by atoms with E-state index in [1.165, 1.54) is 0 Å². The lowest BCUT2D eigenvalue weighted by atomic mass is 10.0. The number of methoxy groups -OCH3 is 1. The zero-order chi connectivity index (χ0) is 18.4. The molecule has 0 atom stereocenters. The molecule has 3 rings (SSSR count). The number of likely N-dealkylation sites (tertiary alicyclic amines) is 1. The molecule has 0 aliphatic carbocycles. The first-order chi connectivity index (χ1) is 12.7. The molecule has 5 nitrogen and oxygen atoms in total. The van der Waals surface area contributed by atoms with Gasteiger partial charge in [0.2, 0.25) is 5.91 Å². The van der Waals surface area contributed by atoms with Gasteiger partial charge in [0.05, 0.1) is 13.5 Å². The molecule has 136 valence electrons. The van der Waals surface area contributed by atoms with Crippen LogP contribution in [0.25, 0.3) is 0 Å². The topological polar surface area (TPSA) is 58.6 Å². The molecule has 1 fully saturated rings. The average Bonchev–Trinajstić information content (AvgIpc) is 2.69. The average molecular weight is 352 g/mol. The smallest absolute Gasteiger partial charge is 0.251 e. The Balaban J connectivity index is 1.46. The minimum Gasteiger partial charge on any atom is -0.497 e. The lowest BCUT2D eigenvalue weighted by Crippen LogP contribution is -2.46. The van der Waals surface area contributed by atoms with E-state index in [0.29, 0.717) is 25.1 Å². The summed E-state index contributed by atoms with van der Waals surface area (Å²) in [5.41, 5.74) is 1.65. The van der Waals surface area contributed by atoms with Gasteiger partial charge >= 0.3 is 0 Å². The fourth-order valence-corrected chi connectivity index (χ4v) is 3.16. The van der Waals surface area contributed by atoms with Crippen LogP contribution in [0.1, 0.15) is 28.8 Å². The van der Waals surface area contributed by atoms with Gasteiger partial charge in [0, 0.05) is 24.7 Å². The summed E-state index contributed by atoms with van der Waals surface area (Å²) in [5.74, 6) is 0.868. The van der Waals surface area contributed by atoms with Crippen LogP contribution in [0, 0.1) is 0 Å². The van der Waals surface area contributed by atoms with E-state index in [0.717, 1.165) is 24.2 Å². The van der Waals surface area contributed by atoms with Crippen LogP contribution in [0.2, 0.25) is 0 Å². The molecular formula is C21H24N2O3. The van der Waals surface area contributed by atoms with Crippen LogP contribution in [-0.4, -0.2) is 43.0 Å². The number of carbonyl (C=O) groups is 2. The van der Waals surface area contributed by atoms with Gasteiger partial charge in [-0.15, -0.1) is 0 Å². The maximum atomic E-state index is 12.5. The minimum absolute atomic E-state index is 0.0476. The van der Waals surface area contributed by atoms with Crippen molar-refractivity contribution in [2.45, 2.75) is 25.3 Å². The Labute approximate surface area is 154 Å². The van der Waals surface area contributed by atoms with Gasteiger partial charge in [0.1, 0.15) is 5.75 Å². The molecule has 1 saturated heterocycles. The fourth-order valence-electron chi connectivity index (χ4n) is 3.16. The number of nitrogens with one attached hydrogen (secondary N) is 1. The normalized spacial score (nSPS) is 14.7. The van der Waals surface area contributed by atoms with Gasteiger partial charge in [0.15, 0.2) is 0 Å². The molecule has 2 amide bonds. The molecule has 2 aromatic rings. The monoisotopic (exact) mass is 352 g/mol. The van der Waals surface area contributed by atoms with Crippen molar-refractivity contribution in [1.29, 1.82) is 0 Å². The van der Waals surface area contributed by atoms with E-state index in [-0.39, 0.29) is 17.9 Å². The first-order valence-corrected chi connectivity index (χ1v) is 8.92. The van der Waals surface area contributed by atoms with Crippen molar-refractivity contribution in [1.82, 2.24) is 10.2 Å². The molecule has 0 unspecified atom stereocenters. The van der Waals surface area contributed by atoms with Crippen LogP contribution in [0.5, 0.6) is 5.75 Å². The molecule has 26 heavy (non-hydrogen) atoms. The molecule has 2 aromatic carbocycles. The number of piperidine rings is 1. The Bertz CT molecular complexity index is 736. The summed E-state index contributed by atoms with van der Waals surface area (Å²) in [5, 5.41) is 3.07. The summed E-state index contributed by atoms with van der Waals surface area (Å²) in [7, 11) is 1.63. The van der Waals surface area contributed by atoms with E-state index in [2.05, 4.69) is 5.32 Å². The van der Waals surface area contributed by atoms with Crippen LogP contribution in [0.3, 0.4) is 0 Å². The summed E-state index contributed by atoms with van der Waals surface area (Å²) in [4.78, 5) is 26.6. The van der Waals surface area contributed by atoms with Gasteiger partial charge in [-0.25, -0.2) is 0 Å². The summed E-state index contributed by atoms with van der Waals surface area (Å²) in [6.45, 7) is 1.35. The number of carbonyl (C=O) groups excluding carboxylic acids is 2. The lowest BCUT2D eigenvalue weighted by Gasteiger charge is -2.32. The summed E-state index contributed by atoms with van der Waals surface area (Å²) in [6.07, 6.45) is 1.96. The third-order valence-corrected chi connectivity index (χ3v) is 4.73. The van der Waals surface area contributed by atoms with Gasteiger partial charge in [-0.3, -0.25) is 9.59 Å². The first kappa shape index (κ1) is 18.0. The van der Waals surface area contributed by atoms with Crippen molar-refractivity contribution in [3.05, 3.63) is 65.7 Å². The van der Waals surface area contributed by atoms with Crippen LogP contribution in [-0.2, 0) is 11.2 Å². The quantitative estimate of drug-likeness (QED) is 0.900. The Hall–Kier alpha value is -2.82. The SMILES string of the molecule is COc1ccc(CC(=O)N2CCC(NC(=O)c3ccccc3)CC2)cc1. The van der Waals surface area contributed by atoms with Crippen molar-refractivity contribution in [3.8, 4) is 5.75 Å². The third kappa shape index (κ3) is 4.63. The molecule has 1 N–H and O–H groups in total. The van der Waals surface area contributed by atoms with Gasteiger partial charge in [-0.2, -0.15) is 0 Å². The highest BCUT2D eigenvalue weighted by atomic mass is 16.5. The number of rotatable bonds is 5. The molecular weight excluding hydrogens is 328 g/mol. The maximum Gasteiger partial charge on any atom is 0.251 e. The molecule has 0 spiro atoms. The van der Waals surface area contributed by atoms with E-state index >= 15 is 0 Å². The third-order valence-electron chi connectivity index (χ3n) is 4.73. The van der Waals surface area contributed by atoms with Crippen LogP contribution >= 0.6 is 0 Å². The van der Waals surface area contributed by atoms with Crippen LogP contribution < -0.4 is 10.1 Å². The molecule has 0 radical (unpaired) electrons. The van der Waals surface area contributed by atoms with Crippen LogP contribution in [0.4, 0.5) is 0 Å². The summed E-state index contributed by atoms with van der Waals surface area (Å²) in [6, 6.07) is 16.9. The van der Waals surface area contributed by atoms with Gasteiger partial charge < -0.3 is 15.0 Å². The largest absolute Gasteiger partial charge is 0.497 e. The van der Waals surface area contributed by atoms with Crippen LogP contribution in [0.15, 0.2) is 54.6 Å². The highest BCUT2D eigenvalue weighted by molar-refractivity contribution is 5.94. The number of amides is 2. The maximum absolute atomic E-state index is 12.5. The highest BCUT2D eigenvalue weighted by Crippen LogP contribution is 2.15. The Morgan fingerprint density at radius 1 is 1.04 bits per heavy atom. The van der Waals surface area contributed by atoms with Gasteiger partial charge in [-0.05, 0) is 42.7 Å². The molecule has 5 heteroatoms. The van der Waals surface area contributed by atoms with E-state index in [1.54, 1.807) is 7.11 Å². The van der Waals surface area contributed by atoms with E-state index in [1.807, 2.05) is 59.5 Å². The van der Waals surface area contributed by atoms with E-state index in [4.69, 9.17) is 4.74 Å².